The smallest absolute Gasteiger partial charge is 0.251 e. The summed E-state index contributed by atoms with van der Waals surface area (Å²) in [4.78, 5) is 27.1. The molecule has 1 aliphatic heterocycles. The first-order valence-corrected chi connectivity index (χ1v) is 11.2. The molecule has 1 aliphatic rings. The molecule has 1 heterocycles. The predicted octanol–water partition coefficient (Wildman–Crippen LogP) is 3.55. The first-order chi connectivity index (χ1) is 15.2. The second-order valence-corrected chi connectivity index (χ2v) is 7.88. The van der Waals surface area contributed by atoms with E-state index in [1.807, 2.05) is 18.2 Å². The molecule has 1 atom stereocenters. The normalized spacial score (nSPS) is 14.7. The monoisotopic (exact) mass is 423 g/mol. The van der Waals surface area contributed by atoms with Crippen molar-refractivity contribution in [2.75, 3.05) is 32.8 Å². The highest BCUT2D eigenvalue weighted by molar-refractivity contribution is 5.96. The minimum absolute atomic E-state index is 0.0465. The van der Waals surface area contributed by atoms with Gasteiger partial charge in [-0.1, -0.05) is 43.7 Å². The predicted molar refractivity (Wildman–Crippen MR) is 122 cm³/mol. The van der Waals surface area contributed by atoms with Crippen LogP contribution in [0.25, 0.3) is 0 Å². The first kappa shape index (κ1) is 22.8. The fourth-order valence-corrected chi connectivity index (χ4v) is 3.76. The van der Waals surface area contributed by atoms with Gasteiger partial charge >= 0.3 is 0 Å². The van der Waals surface area contributed by atoms with Crippen molar-refractivity contribution >= 4 is 11.8 Å². The van der Waals surface area contributed by atoms with Gasteiger partial charge in [-0.25, -0.2) is 0 Å². The molecule has 1 unspecified atom stereocenters. The molecule has 2 aromatic rings. The Morgan fingerprint density at radius 2 is 1.71 bits per heavy atom. The van der Waals surface area contributed by atoms with Gasteiger partial charge in [-0.05, 0) is 62.2 Å². The van der Waals surface area contributed by atoms with Crippen LogP contribution in [0.3, 0.4) is 0 Å². The molecule has 1 fully saturated rings. The quantitative estimate of drug-likeness (QED) is 0.542. The molecular formula is C25H33N3O3. The zero-order chi connectivity index (χ0) is 21.9. The highest BCUT2D eigenvalue weighted by Gasteiger charge is 2.23. The third-order valence-corrected chi connectivity index (χ3v) is 5.55. The second kappa shape index (κ2) is 12.1. The molecule has 0 spiro atoms. The molecule has 1 saturated heterocycles. The van der Waals surface area contributed by atoms with Crippen LogP contribution in [0.1, 0.15) is 54.6 Å². The summed E-state index contributed by atoms with van der Waals surface area (Å²) in [5, 5.41) is 5.69. The Balaban J connectivity index is 1.46. The number of ether oxygens (including phenoxy) is 1. The highest BCUT2D eigenvalue weighted by Crippen LogP contribution is 2.24. The number of carbonyl (C=O) groups excluding carboxylic acids is 2. The number of rotatable bonds is 11. The summed E-state index contributed by atoms with van der Waals surface area (Å²) in [6.07, 6.45) is 4.46. The van der Waals surface area contributed by atoms with Gasteiger partial charge in [0.15, 0.2) is 0 Å². The van der Waals surface area contributed by atoms with E-state index >= 15 is 0 Å². The van der Waals surface area contributed by atoms with E-state index in [0.29, 0.717) is 18.7 Å². The van der Waals surface area contributed by atoms with Crippen LogP contribution in [0.15, 0.2) is 54.6 Å². The largest absolute Gasteiger partial charge is 0.494 e. The Morgan fingerprint density at radius 1 is 1.00 bits per heavy atom. The zero-order valence-electron chi connectivity index (χ0n) is 18.3. The highest BCUT2D eigenvalue weighted by atomic mass is 16.5. The third-order valence-electron chi connectivity index (χ3n) is 5.55. The van der Waals surface area contributed by atoms with Gasteiger partial charge in [0.05, 0.1) is 19.2 Å². The van der Waals surface area contributed by atoms with Gasteiger partial charge in [-0.15, -0.1) is 0 Å². The Hall–Kier alpha value is -2.86. The number of nitrogens with zero attached hydrogens (tertiary/aromatic N) is 1. The number of amides is 2. The third kappa shape index (κ3) is 7.10. The van der Waals surface area contributed by atoms with Crippen molar-refractivity contribution in [1.29, 1.82) is 0 Å². The number of nitrogens with one attached hydrogen (secondary N) is 2. The van der Waals surface area contributed by atoms with Gasteiger partial charge < -0.3 is 15.4 Å². The van der Waals surface area contributed by atoms with Crippen LogP contribution in [0.5, 0.6) is 5.75 Å². The SMILES string of the molecule is CCCCOc1ccc(C(=O)NCC(=O)NCC(c2ccccc2)N2CCCC2)cc1. The molecular weight excluding hydrogens is 390 g/mol. The topological polar surface area (TPSA) is 70.7 Å². The fraction of sp³-hybridized carbons (Fsp3) is 0.440. The lowest BCUT2D eigenvalue weighted by Crippen LogP contribution is -2.41. The van der Waals surface area contributed by atoms with Gasteiger partial charge in [0, 0.05) is 12.1 Å². The maximum Gasteiger partial charge on any atom is 0.251 e. The zero-order valence-corrected chi connectivity index (χ0v) is 18.3. The van der Waals surface area contributed by atoms with Crippen molar-refractivity contribution in [3.63, 3.8) is 0 Å². The molecule has 31 heavy (non-hydrogen) atoms. The molecule has 0 aromatic heterocycles. The molecule has 0 bridgehead atoms. The molecule has 6 nitrogen and oxygen atoms in total. The lowest BCUT2D eigenvalue weighted by atomic mass is 10.1. The number of unbranched alkanes of at least 4 members (excludes halogenated alkanes) is 1. The van der Waals surface area contributed by atoms with E-state index in [0.717, 1.165) is 31.7 Å². The van der Waals surface area contributed by atoms with Crippen LogP contribution in [-0.2, 0) is 4.79 Å². The van der Waals surface area contributed by atoms with Crippen LogP contribution in [0.4, 0.5) is 0 Å². The van der Waals surface area contributed by atoms with Crippen molar-refractivity contribution < 1.29 is 14.3 Å². The van der Waals surface area contributed by atoms with Gasteiger partial charge in [0.25, 0.3) is 5.91 Å². The summed E-state index contributed by atoms with van der Waals surface area (Å²) >= 11 is 0. The fourth-order valence-electron chi connectivity index (χ4n) is 3.76. The number of hydrogen-bond donors (Lipinski definition) is 2. The molecule has 166 valence electrons. The average molecular weight is 424 g/mol. The lowest BCUT2D eigenvalue weighted by molar-refractivity contribution is -0.120. The van der Waals surface area contributed by atoms with Crippen molar-refractivity contribution in [3.8, 4) is 5.75 Å². The Labute approximate surface area is 185 Å². The number of carbonyl (C=O) groups is 2. The van der Waals surface area contributed by atoms with Crippen LogP contribution < -0.4 is 15.4 Å². The molecule has 2 N–H and O–H groups in total. The minimum Gasteiger partial charge on any atom is -0.494 e. The maximum atomic E-state index is 12.4. The van der Waals surface area contributed by atoms with E-state index in [2.05, 4.69) is 34.6 Å². The van der Waals surface area contributed by atoms with E-state index in [-0.39, 0.29) is 24.4 Å². The second-order valence-electron chi connectivity index (χ2n) is 7.88. The summed E-state index contributed by atoms with van der Waals surface area (Å²) in [6, 6.07) is 17.4. The Bertz CT molecular complexity index is 818. The molecule has 0 aliphatic carbocycles. The van der Waals surface area contributed by atoms with E-state index in [1.165, 1.54) is 18.4 Å². The average Bonchev–Trinajstić information content (AvgIpc) is 3.33. The molecule has 0 saturated carbocycles. The summed E-state index contributed by atoms with van der Waals surface area (Å²) in [7, 11) is 0. The summed E-state index contributed by atoms with van der Waals surface area (Å²) < 4.78 is 5.61. The van der Waals surface area contributed by atoms with Gasteiger partial charge in [-0.3, -0.25) is 14.5 Å². The summed E-state index contributed by atoms with van der Waals surface area (Å²) in [5.74, 6) is 0.291. The van der Waals surface area contributed by atoms with Crippen LogP contribution in [0.2, 0.25) is 0 Å². The van der Waals surface area contributed by atoms with Crippen molar-refractivity contribution in [3.05, 3.63) is 65.7 Å². The minimum atomic E-state index is -0.269. The standard InChI is InChI=1S/C25H33N3O3/c1-2-3-17-31-22-13-11-21(12-14-22)25(30)27-19-24(29)26-18-23(28-15-7-8-16-28)20-9-5-4-6-10-20/h4-6,9-14,23H,2-3,7-8,15-19H2,1H3,(H,26,29)(H,27,30). The van der Waals surface area contributed by atoms with Gasteiger partial charge in [-0.2, -0.15) is 0 Å². The van der Waals surface area contributed by atoms with Crippen molar-refractivity contribution in [1.82, 2.24) is 15.5 Å². The van der Waals surface area contributed by atoms with E-state index < -0.39 is 0 Å². The molecule has 0 radical (unpaired) electrons. The van der Waals surface area contributed by atoms with Crippen LogP contribution in [0, 0.1) is 0 Å². The molecule has 2 aromatic carbocycles. The maximum absolute atomic E-state index is 12.4. The van der Waals surface area contributed by atoms with Crippen molar-refractivity contribution in [2.45, 2.75) is 38.6 Å². The number of likely N-dealkylation sites (tertiary alicyclic amines) is 1. The van der Waals surface area contributed by atoms with E-state index in [9.17, 15) is 9.59 Å². The van der Waals surface area contributed by atoms with Crippen molar-refractivity contribution in [2.24, 2.45) is 0 Å². The summed E-state index contributed by atoms with van der Waals surface area (Å²) in [6.45, 7) is 5.36. The Kier molecular flexibility index (Phi) is 8.91. The van der Waals surface area contributed by atoms with Crippen LogP contribution >= 0.6 is 0 Å². The van der Waals surface area contributed by atoms with Gasteiger partial charge in [0.2, 0.25) is 5.91 Å². The first-order valence-electron chi connectivity index (χ1n) is 11.2. The molecule has 3 rings (SSSR count). The summed E-state index contributed by atoms with van der Waals surface area (Å²) in [5.41, 5.74) is 1.71. The van der Waals surface area contributed by atoms with E-state index in [1.54, 1.807) is 24.3 Å². The lowest BCUT2D eigenvalue weighted by Gasteiger charge is -2.28. The molecule has 2 amide bonds. The van der Waals surface area contributed by atoms with Crippen LogP contribution in [-0.4, -0.2) is 49.5 Å². The Morgan fingerprint density at radius 3 is 2.39 bits per heavy atom. The van der Waals surface area contributed by atoms with Gasteiger partial charge in [0.1, 0.15) is 5.75 Å². The molecule has 6 heteroatoms. The number of benzene rings is 2. The van der Waals surface area contributed by atoms with E-state index in [4.69, 9.17) is 4.74 Å². The number of hydrogen-bond acceptors (Lipinski definition) is 4.